The van der Waals surface area contributed by atoms with Crippen molar-refractivity contribution in [2.24, 2.45) is 23.2 Å². The van der Waals surface area contributed by atoms with Crippen molar-refractivity contribution >= 4 is 0 Å². The lowest BCUT2D eigenvalue weighted by Crippen LogP contribution is -2.42. The molecule has 2 aromatic carbocycles. The van der Waals surface area contributed by atoms with Gasteiger partial charge in [0.1, 0.15) is 0 Å². The summed E-state index contributed by atoms with van der Waals surface area (Å²) in [7, 11) is 0. The van der Waals surface area contributed by atoms with Crippen LogP contribution in [0.4, 0.5) is 0 Å². The molecule has 3 fully saturated rings. The molecule has 1 heteroatoms. The quantitative estimate of drug-likeness (QED) is 0.391. The molecule has 0 spiro atoms. The van der Waals surface area contributed by atoms with E-state index in [9.17, 15) is 0 Å². The van der Waals surface area contributed by atoms with Gasteiger partial charge in [-0.25, -0.2) is 0 Å². The molecule has 0 radical (unpaired) electrons. The molecule has 2 saturated carbocycles. The third kappa shape index (κ3) is 6.57. The lowest BCUT2D eigenvalue weighted by molar-refractivity contribution is 0.0257. The summed E-state index contributed by atoms with van der Waals surface area (Å²) < 4.78 is 0. The number of nitrogens with zero attached hydrogens (tertiary/aromatic N) is 1. The van der Waals surface area contributed by atoms with E-state index in [1.165, 1.54) is 100 Å². The molecule has 2 aromatic rings. The highest BCUT2D eigenvalue weighted by molar-refractivity contribution is 5.37. The van der Waals surface area contributed by atoms with Crippen LogP contribution in [-0.4, -0.2) is 18.0 Å². The second-order valence-corrected chi connectivity index (χ2v) is 13.0. The summed E-state index contributed by atoms with van der Waals surface area (Å²) >= 11 is 0. The van der Waals surface area contributed by atoms with E-state index in [1.54, 1.807) is 11.1 Å². The summed E-state index contributed by atoms with van der Waals surface area (Å²) in [5, 5.41) is 0. The van der Waals surface area contributed by atoms with Crippen LogP contribution in [-0.2, 0) is 13.0 Å². The molecular formula is C37H57N. The molecule has 0 amide bonds. The van der Waals surface area contributed by atoms with Gasteiger partial charge in [0.15, 0.2) is 0 Å². The van der Waals surface area contributed by atoms with Crippen LogP contribution in [0, 0.1) is 37.0 Å². The maximum atomic E-state index is 2.66. The summed E-state index contributed by atoms with van der Waals surface area (Å²) in [4.78, 5) is 2.56. The van der Waals surface area contributed by atoms with E-state index in [-0.39, 0.29) is 0 Å². The molecule has 6 rings (SSSR count). The normalized spacial score (nSPS) is 30.1. The Morgan fingerprint density at radius 2 is 1.55 bits per heavy atom. The van der Waals surface area contributed by atoms with Crippen molar-refractivity contribution < 1.29 is 0 Å². The fourth-order valence-electron chi connectivity index (χ4n) is 8.71. The molecule has 1 heterocycles. The fraction of sp³-hybridized carbons (Fsp3) is 0.676. The lowest BCUT2D eigenvalue weighted by atomic mass is 9.54. The van der Waals surface area contributed by atoms with E-state index < -0.39 is 0 Å². The van der Waals surface area contributed by atoms with E-state index >= 15 is 0 Å². The monoisotopic (exact) mass is 515 g/mol. The number of aryl methyl sites for hydroxylation is 3. The van der Waals surface area contributed by atoms with Crippen LogP contribution in [0.5, 0.6) is 0 Å². The van der Waals surface area contributed by atoms with Gasteiger partial charge in [0.05, 0.1) is 0 Å². The largest absolute Gasteiger partial charge is 0.299 e. The predicted octanol–water partition coefficient (Wildman–Crippen LogP) is 10.3. The number of fused-ring (bicyclic) bond motifs is 5. The highest BCUT2D eigenvalue weighted by atomic mass is 15.1. The van der Waals surface area contributed by atoms with Gasteiger partial charge >= 0.3 is 0 Å². The van der Waals surface area contributed by atoms with Crippen molar-refractivity contribution in [3.8, 4) is 0 Å². The van der Waals surface area contributed by atoms with Gasteiger partial charge in [-0.2, -0.15) is 0 Å². The SMILES string of the molecule is CC.CCCC1CCC2C3CCc4cc(C)ccc4C3CCC12C.Cc1ccc(CN2CCCCC2)cc1. The zero-order valence-corrected chi connectivity index (χ0v) is 25.7. The number of likely N-dealkylation sites (tertiary alicyclic amines) is 1. The summed E-state index contributed by atoms with van der Waals surface area (Å²) in [6.45, 7) is 17.1. The van der Waals surface area contributed by atoms with E-state index in [2.05, 4.69) is 75.1 Å². The maximum absolute atomic E-state index is 2.66. The van der Waals surface area contributed by atoms with E-state index in [0.29, 0.717) is 5.41 Å². The molecule has 5 unspecified atom stereocenters. The Kier molecular flexibility index (Phi) is 10.6. The Morgan fingerprint density at radius 1 is 0.842 bits per heavy atom. The Balaban J connectivity index is 0.000000182. The minimum Gasteiger partial charge on any atom is -0.299 e. The first-order valence-corrected chi connectivity index (χ1v) is 16.3. The predicted molar refractivity (Wildman–Crippen MR) is 166 cm³/mol. The molecule has 38 heavy (non-hydrogen) atoms. The van der Waals surface area contributed by atoms with Gasteiger partial charge in [-0.1, -0.05) is 101 Å². The lowest BCUT2D eigenvalue weighted by Gasteiger charge is -2.51. The molecular weight excluding hydrogens is 458 g/mol. The standard InChI is InChI=1S/C22H32.C13H19N.C2H6/c1-4-5-17-8-11-21-20-10-7-16-14-15(2)6-9-18(16)19(20)12-13-22(17,21)3;1-12-5-7-13(8-6-12)11-14-9-3-2-4-10-14;1-2/h6,9,14,17,19-21H,4-5,7-8,10-13H2,1-3H3;5-8H,2-4,9-11H2,1H3;1-2H3. The Bertz CT molecular complexity index is 984. The Hall–Kier alpha value is -1.60. The molecule has 3 aliphatic carbocycles. The molecule has 5 atom stereocenters. The summed E-state index contributed by atoms with van der Waals surface area (Å²) in [6, 6.07) is 16.2. The van der Waals surface area contributed by atoms with Gasteiger partial charge < -0.3 is 0 Å². The van der Waals surface area contributed by atoms with Crippen LogP contribution in [0.3, 0.4) is 0 Å². The number of hydrogen-bond donors (Lipinski definition) is 0. The van der Waals surface area contributed by atoms with Crippen molar-refractivity contribution in [1.29, 1.82) is 0 Å². The van der Waals surface area contributed by atoms with Gasteiger partial charge in [0, 0.05) is 6.54 Å². The topological polar surface area (TPSA) is 3.24 Å². The fourth-order valence-corrected chi connectivity index (χ4v) is 8.71. The van der Waals surface area contributed by atoms with Crippen LogP contribution >= 0.6 is 0 Å². The highest BCUT2D eigenvalue weighted by Gasteiger charge is 2.54. The third-order valence-corrected chi connectivity index (χ3v) is 10.7. The zero-order valence-electron chi connectivity index (χ0n) is 25.7. The summed E-state index contributed by atoms with van der Waals surface area (Å²) in [5.74, 6) is 3.89. The first-order valence-electron chi connectivity index (χ1n) is 16.3. The van der Waals surface area contributed by atoms with E-state index in [4.69, 9.17) is 0 Å². The van der Waals surface area contributed by atoms with Crippen LogP contribution in [0.2, 0.25) is 0 Å². The van der Waals surface area contributed by atoms with Crippen molar-refractivity contribution in [2.75, 3.05) is 13.1 Å². The molecule has 0 bridgehead atoms. The zero-order chi connectivity index (χ0) is 27.1. The third-order valence-electron chi connectivity index (χ3n) is 10.7. The summed E-state index contributed by atoms with van der Waals surface area (Å²) in [5.41, 5.74) is 8.32. The van der Waals surface area contributed by atoms with Gasteiger partial charge in [0.25, 0.3) is 0 Å². The molecule has 0 aromatic heterocycles. The first-order chi connectivity index (χ1) is 18.5. The molecule has 1 saturated heterocycles. The van der Waals surface area contributed by atoms with E-state index in [0.717, 1.165) is 30.2 Å². The number of piperidine rings is 1. The van der Waals surface area contributed by atoms with E-state index in [1.807, 2.05) is 13.8 Å². The molecule has 1 nitrogen and oxygen atoms in total. The molecule has 1 aliphatic heterocycles. The van der Waals surface area contributed by atoms with Crippen molar-refractivity contribution in [2.45, 2.75) is 125 Å². The van der Waals surface area contributed by atoms with Crippen molar-refractivity contribution in [3.05, 3.63) is 70.3 Å². The molecule has 0 N–H and O–H groups in total. The van der Waals surface area contributed by atoms with Gasteiger partial charge in [-0.3, -0.25) is 4.90 Å². The van der Waals surface area contributed by atoms with Crippen LogP contribution < -0.4 is 0 Å². The van der Waals surface area contributed by atoms with Crippen molar-refractivity contribution in [3.63, 3.8) is 0 Å². The average Bonchev–Trinajstić information content (AvgIpc) is 3.28. The maximum Gasteiger partial charge on any atom is 0.0233 e. The second kappa shape index (κ2) is 13.6. The van der Waals surface area contributed by atoms with Gasteiger partial charge in [-0.15, -0.1) is 0 Å². The number of rotatable bonds is 4. The van der Waals surface area contributed by atoms with Gasteiger partial charge in [0.2, 0.25) is 0 Å². The highest BCUT2D eigenvalue weighted by Crippen LogP contribution is 2.63. The van der Waals surface area contributed by atoms with Crippen LogP contribution in [0.15, 0.2) is 42.5 Å². The van der Waals surface area contributed by atoms with Crippen LogP contribution in [0.1, 0.15) is 126 Å². The molecule has 4 aliphatic rings. The Labute approximate surface area is 235 Å². The smallest absolute Gasteiger partial charge is 0.0233 e. The number of benzene rings is 2. The molecule has 210 valence electrons. The van der Waals surface area contributed by atoms with Crippen molar-refractivity contribution in [1.82, 2.24) is 4.90 Å². The first kappa shape index (κ1) is 29.4. The Morgan fingerprint density at radius 3 is 2.26 bits per heavy atom. The van der Waals surface area contributed by atoms with Gasteiger partial charge in [-0.05, 0) is 124 Å². The second-order valence-electron chi connectivity index (χ2n) is 13.0. The average molecular weight is 516 g/mol. The number of hydrogen-bond acceptors (Lipinski definition) is 1. The van der Waals surface area contributed by atoms with Crippen LogP contribution in [0.25, 0.3) is 0 Å². The summed E-state index contributed by atoms with van der Waals surface area (Å²) in [6.07, 6.45) is 15.8. The minimum atomic E-state index is 0.666. The minimum absolute atomic E-state index is 0.666.